The maximum Gasteiger partial charge on any atom is 0.257 e. The number of nitrogens with one attached hydrogen (secondary N) is 1. The van der Waals surface area contributed by atoms with Gasteiger partial charge in [0.25, 0.3) is 5.91 Å². The lowest BCUT2D eigenvalue weighted by Crippen LogP contribution is -2.48. The molecule has 0 heterocycles. The number of rotatable bonds is 3. The summed E-state index contributed by atoms with van der Waals surface area (Å²) in [5, 5.41) is 12.0. The van der Waals surface area contributed by atoms with Crippen molar-refractivity contribution in [2.24, 2.45) is 0 Å². The van der Waals surface area contributed by atoms with Crippen LogP contribution >= 0.6 is 0 Å². The van der Waals surface area contributed by atoms with Crippen LogP contribution < -0.4 is 5.32 Å². The van der Waals surface area contributed by atoms with Gasteiger partial charge in [-0.3, -0.25) is 4.79 Å². The number of benzene rings is 1. The molecule has 1 saturated carbocycles. The Bertz CT molecular complexity index is 463. The maximum absolute atomic E-state index is 13.3. The van der Waals surface area contributed by atoms with Crippen LogP contribution in [-0.2, 0) is 0 Å². The normalized spacial score (nSPS) is 17.1. The molecule has 18 heavy (non-hydrogen) atoms. The molecule has 98 valence electrons. The minimum Gasteiger partial charge on any atom is -0.388 e. The van der Waals surface area contributed by atoms with Crippen LogP contribution in [0.5, 0.6) is 0 Å². The fourth-order valence-electron chi connectivity index (χ4n) is 1.85. The average molecular weight is 259 g/mol. The maximum atomic E-state index is 13.3. The molecule has 0 aromatic heterocycles. The van der Waals surface area contributed by atoms with Gasteiger partial charge in [-0.1, -0.05) is 0 Å². The van der Waals surface area contributed by atoms with Crippen LogP contribution in [0.25, 0.3) is 0 Å². The Hall–Kier alpha value is -1.56. The third-order valence-corrected chi connectivity index (χ3v) is 3.10. The van der Waals surface area contributed by atoms with E-state index in [9.17, 15) is 23.1 Å². The SMILES string of the molecule is O=C(NCC1(O)CCC1)c1c(F)cc(F)cc1F. The van der Waals surface area contributed by atoms with E-state index in [0.717, 1.165) is 6.42 Å². The van der Waals surface area contributed by atoms with Gasteiger partial charge in [-0.2, -0.15) is 0 Å². The molecule has 1 fully saturated rings. The Morgan fingerprint density at radius 3 is 2.28 bits per heavy atom. The molecule has 1 amide bonds. The van der Waals surface area contributed by atoms with E-state index in [1.807, 2.05) is 0 Å². The highest BCUT2D eigenvalue weighted by Gasteiger charge is 2.35. The van der Waals surface area contributed by atoms with E-state index in [2.05, 4.69) is 5.32 Å². The lowest BCUT2D eigenvalue weighted by Gasteiger charge is -2.36. The molecule has 3 nitrogen and oxygen atoms in total. The second-order valence-electron chi connectivity index (χ2n) is 4.51. The van der Waals surface area contributed by atoms with E-state index in [-0.39, 0.29) is 6.54 Å². The molecule has 0 atom stereocenters. The molecule has 0 spiro atoms. The van der Waals surface area contributed by atoms with Crippen molar-refractivity contribution in [3.8, 4) is 0 Å². The van der Waals surface area contributed by atoms with E-state index in [1.54, 1.807) is 0 Å². The van der Waals surface area contributed by atoms with Crippen molar-refractivity contribution in [1.82, 2.24) is 5.32 Å². The molecular weight excluding hydrogens is 247 g/mol. The lowest BCUT2D eigenvalue weighted by molar-refractivity contribution is -0.0301. The minimum absolute atomic E-state index is 0.0674. The zero-order chi connectivity index (χ0) is 13.3. The average Bonchev–Trinajstić information content (AvgIpc) is 2.22. The Labute approximate surface area is 102 Å². The molecular formula is C12H12F3NO2. The first-order valence-corrected chi connectivity index (χ1v) is 5.56. The fourth-order valence-corrected chi connectivity index (χ4v) is 1.85. The van der Waals surface area contributed by atoms with Crippen LogP contribution in [0.1, 0.15) is 29.6 Å². The smallest absolute Gasteiger partial charge is 0.257 e. The number of carbonyl (C=O) groups is 1. The summed E-state index contributed by atoms with van der Waals surface area (Å²) in [6.07, 6.45) is 1.94. The third kappa shape index (κ3) is 2.48. The molecule has 0 unspecified atom stereocenters. The molecule has 6 heteroatoms. The Morgan fingerprint density at radius 1 is 1.28 bits per heavy atom. The summed E-state index contributed by atoms with van der Waals surface area (Å²) in [5.74, 6) is -4.60. The molecule has 2 rings (SSSR count). The van der Waals surface area contributed by atoms with Crippen molar-refractivity contribution in [3.63, 3.8) is 0 Å². The van der Waals surface area contributed by atoms with Crippen molar-refractivity contribution < 1.29 is 23.1 Å². The number of carbonyl (C=O) groups excluding carboxylic acids is 1. The van der Waals surface area contributed by atoms with Gasteiger partial charge in [-0.25, -0.2) is 13.2 Å². The molecule has 1 aromatic rings. The number of halogens is 3. The summed E-state index contributed by atoms with van der Waals surface area (Å²) >= 11 is 0. The predicted octanol–water partition coefficient (Wildman–Crippen LogP) is 1.75. The van der Waals surface area contributed by atoms with Gasteiger partial charge in [0.15, 0.2) is 0 Å². The summed E-state index contributed by atoms with van der Waals surface area (Å²) in [6, 6.07) is 0.881. The van der Waals surface area contributed by atoms with Gasteiger partial charge < -0.3 is 10.4 Å². The van der Waals surface area contributed by atoms with Gasteiger partial charge in [0.2, 0.25) is 0 Å². The Morgan fingerprint density at radius 2 is 1.83 bits per heavy atom. The first-order valence-electron chi connectivity index (χ1n) is 5.56. The van der Waals surface area contributed by atoms with Crippen molar-refractivity contribution in [3.05, 3.63) is 35.1 Å². The molecule has 1 aliphatic rings. The van der Waals surface area contributed by atoms with E-state index >= 15 is 0 Å². The van der Waals surface area contributed by atoms with Crippen LogP contribution in [0.4, 0.5) is 13.2 Å². The highest BCUT2D eigenvalue weighted by molar-refractivity contribution is 5.94. The molecule has 2 N–H and O–H groups in total. The topological polar surface area (TPSA) is 49.3 Å². The second-order valence-corrected chi connectivity index (χ2v) is 4.51. The highest BCUT2D eigenvalue weighted by Crippen LogP contribution is 2.30. The van der Waals surface area contributed by atoms with Crippen molar-refractivity contribution >= 4 is 5.91 Å². The Kier molecular flexibility index (Phi) is 3.30. The highest BCUT2D eigenvalue weighted by atomic mass is 19.1. The first kappa shape index (κ1) is 12.9. The number of amides is 1. The summed E-state index contributed by atoms with van der Waals surface area (Å²) in [4.78, 5) is 11.6. The van der Waals surface area contributed by atoms with Crippen molar-refractivity contribution in [2.75, 3.05) is 6.54 Å². The molecule has 0 aliphatic heterocycles. The van der Waals surface area contributed by atoms with Gasteiger partial charge in [0.05, 0.1) is 5.60 Å². The van der Waals surface area contributed by atoms with Crippen LogP contribution in [-0.4, -0.2) is 23.2 Å². The van der Waals surface area contributed by atoms with Gasteiger partial charge in [-0.15, -0.1) is 0 Å². The van der Waals surface area contributed by atoms with Gasteiger partial charge in [-0.05, 0) is 19.3 Å². The van der Waals surface area contributed by atoms with E-state index in [4.69, 9.17) is 0 Å². The first-order chi connectivity index (χ1) is 8.41. The monoisotopic (exact) mass is 259 g/mol. The zero-order valence-corrected chi connectivity index (χ0v) is 9.47. The number of hydrogen-bond donors (Lipinski definition) is 2. The third-order valence-electron chi connectivity index (χ3n) is 3.10. The van der Waals surface area contributed by atoms with Gasteiger partial charge in [0.1, 0.15) is 23.0 Å². The fraction of sp³-hybridized carbons (Fsp3) is 0.417. The van der Waals surface area contributed by atoms with Gasteiger partial charge in [0, 0.05) is 18.7 Å². The summed E-state index contributed by atoms with van der Waals surface area (Å²) in [5.41, 5.74) is -1.82. The van der Waals surface area contributed by atoms with Crippen LogP contribution in [0.3, 0.4) is 0 Å². The number of hydrogen-bond acceptors (Lipinski definition) is 2. The minimum atomic E-state index is -1.26. The summed E-state index contributed by atoms with van der Waals surface area (Å²) in [6.45, 7) is -0.0674. The van der Waals surface area contributed by atoms with Crippen molar-refractivity contribution in [1.29, 1.82) is 0 Å². The summed E-state index contributed by atoms with van der Waals surface area (Å²) in [7, 11) is 0. The number of aliphatic hydroxyl groups is 1. The van der Waals surface area contributed by atoms with E-state index in [1.165, 1.54) is 0 Å². The van der Waals surface area contributed by atoms with Crippen LogP contribution in [0.15, 0.2) is 12.1 Å². The van der Waals surface area contributed by atoms with Crippen molar-refractivity contribution in [2.45, 2.75) is 24.9 Å². The molecule has 0 saturated heterocycles. The molecule has 1 aliphatic carbocycles. The van der Waals surface area contributed by atoms with Crippen LogP contribution in [0, 0.1) is 17.5 Å². The molecule has 0 radical (unpaired) electrons. The Balaban J connectivity index is 2.09. The second kappa shape index (κ2) is 4.61. The van der Waals surface area contributed by atoms with E-state index < -0.39 is 34.5 Å². The largest absolute Gasteiger partial charge is 0.388 e. The molecule has 0 bridgehead atoms. The lowest BCUT2D eigenvalue weighted by atomic mass is 9.80. The molecule has 1 aromatic carbocycles. The van der Waals surface area contributed by atoms with E-state index in [0.29, 0.717) is 25.0 Å². The quantitative estimate of drug-likeness (QED) is 0.868. The standard InChI is InChI=1S/C12H12F3NO2/c13-7-4-8(14)10(9(15)5-7)11(17)16-6-12(18)2-1-3-12/h4-5,18H,1-3,6H2,(H,16,17). The predicted molar refractivity (Wildman–Crippen MR) is 57.5 cm³/mol. The summed E-state index contributed by atoms with van der Waals surface area (Å²) < 4.78 is 39.2. The van der Waals surface area contributed by atoms with Gasteiger partial charge >= 0.3 is 0 Å². The zero-order valence-electron chi connectivity index (χ0n) is 9.47. The van der Waals surface area contributed by atoms with Crippen LogP contribution in [0.2, 0.25) is 0 Å².